The molecule has 1 atom stereocenters. The number of Topliss-reactive ketones (excluding diaryl/α,β-unsaturated/α-hetero) is 1. The zero-order chi connectivity index (χ0) is 25.5. The standard InChI is InChI=1S/C29H37NO5/c1-6-8-9-16-30-26(21-10-13-23(14-11-21)35-19(3)4)25(28(32)29(30)33)27(31)22-12-15-24(20(5)18-22)34-17-7-2/h10-15,18-19,26,31H,6-9,16-17H2,1-5H3/b27-25-. The Hall–Kier alpha value is -3.28. The zero-order valence-electron chi connectivity index (χ0n) is 21.5. The number of aryl methyl sites for hydroxylation is 1. The maximum atomic E-state index is 13.2. The third-order valence-corrected chi connectivity index (χ3v) is 6.02. The maximum Gasteiger partial charge on any atom is 0.295 e. The van der Waals surface area contributed by atoms with Crippen LogP contribution < -0.4 is 9.47 Å². The van der Waals surface area contributed by atoms with Gasteiger partial charge in [-0.2, -0.15) is 0 Å². The van der Waals surface area contributed by atoms with Crippen LogP contribution in [-0.2, 0) is 9.59 Å². The third-order valence-electron chi connectivity index (χ3n) is 6.02. The Kier molecular flexibility index (Phi) is 8.96. The van der Waals surface area contributed by atoms with Crippen molar-refractivity contribution in [3.05, 3.63) is 64.7 Å². The highest BCUT2D eigenvalue weighted by atomic mass is 16.5. The van der Waals surface area contributed by atoms with Crippen LogP contribution in [0.1, 0.15) is 76.1 Å². The number of ether oxygens (including phenoxy) is 2. The number of unbranched alkanes of at least 4 members (excludes halogenated alkanes) is 2. The average molecular weight is 480 g/mol. The Morgan fingerprint density at radius 1 is 1.03 bits per heavy atom. The van der Waals surface area contributed by atoms with E-state index in [0.717, 1.165) is 42.6 Å². The molecule has 1 aliphatic rings. The number of nitrogens with zero attached hydrogens (tertiary/aromatic N) is 1. The SMILES string of the molecule is CCCCCN1C(=O)C(=O)/C(=C(\O)c2ccc(OCCC)c(C)c2)C1c1ccc(OC(C)C)cc1. The number of aliphatic hydroxyl groups is 1. The molecule has 35 heavy (non-hydrogen) atoms. The van der Waals surface area contributed by atoms with E-state index in [4.69, 9.17) is 9.47 Å². The second-order valence-electron chi connectivity index (χ2n) is 9.26. The molecule has 1 fully saturated rings. The van der Waals surface area contributed by atoms with Gasteiger partial charge in [0, 0.05) is 12.1 Å². The van der Waals surface area contributed by atoms with Gasteiger partial charge in [-0.3, -0.25) is 9.59 Å². The Balaban J connectivity index is 2.05. The van der Waals surface area contributed by atoms with Crippen molar-refractivity contribution in [1.82, 2.24) is 4.90 Å². The quantitative estimate of drug-likeness (QED) is 0.180. The number of hydrogen-bond donors (Lipinski definition) is 1. The Morgan fingerprint density at radius 2 is 1.74 bits per heavy atom. The van der Waals surface area contributed by atoms with E-state index in [2.05, 4.69) is 6.92 Å². The maximum absolute atomic E-state index is 13.2. The summed E-state index contributed by atoms with van der Waals surface area (Å²) in [5.41, 5.74) is 2.22. The van der Waals surface area contributed by atoms with Crippen LogP contribution in [0, 0.1) is 6.92 Å². The number of rotatable bonds is 11. The molecule has 1 unspecified atom stereocenters. The molecule has 1 aliphatic heterocycles. The van der Waals surface area contributed by atoms with Crippen LogP contribution in [0.2, 0.25) is 0 Å². The smallest absolute Gasteiger partial charge is 0.295 e. The molecular weight excluding hydrogens is 442 g/mol. The van der Waals surface area contributed by atoms with Gasteiger partial charge in [0.2, 0.25) is 0 Å². The fourth-order valence-electron chi connectivity index (χ4n) is 4.32. The molecule has 6 heteroatoms. The summed E-state index contributed by atoms with van der Waals surface area (Å²) in [7, 11) is 0. The van der Waals surface area contributed by atoms with Crippen LogP contribution in [0.3, 0.4) is 0 Å². The lowest BCUT2D eigenvalue weighted by Crippen LogP contribution is -2.30. The first-order valence-electron chi connectivity index (χ1n) is 12.6. The molecule has 0 spiro atoms. The molecule has 0 saturated carbocycles. The molecule has 2 aromatic carbocycles. The van der Waals surface area contributed by atoms with Crippen molar-refractivity contribution in [2.24, 2.45) is 0 Å². The third kappa shape index (κ3) is 6.05. The van der Waals surface area contributed by atoms with E-state index in [9.17, 15) is 14.7 Å². The van der Waals surface area contributed by atoms with Crippen LogP contribution in [0.25, 0.3) is 5.76 Å². The summed E-state index contributed by atoms with van der Waals surface area (Å²) < 4.78 is 11.5. The molecule has 0 aliphatic carbocycles. The molecule has 0 aromatic heterocycles. The summed E-state index contributed by atoms with van der Waals surface area (Å²) in [6, 6.07) is 12.1. The van der Waals surface area contributed by atoms with Crippen molar-refractivity contribution < 1.29 is 24.2 Å². The van der Waals surface area contributed by atoms with E-state index in [1.807, 2.05) is 52.0 Å². The summed E-state index contributed by atoms with van der Waals surface area (Å²) in [6.07, 6.45) is 3.67. The molecule has 188 valence electrons. The van der Waals surface area contributed by atoms with Gasteiger partial charge in [-0.15, -0.1) is 0 Å². The molecular formula is C29H37NO5. The van der Waals surface area contributed by atoms with E-state index in [1.165, 1.54) is 0 Å². The summed E-state index contributed by atoms with van der Waals surface area (Å²) >= 11 is 0. The van der Waals surface area contributed by atoms with E-state index >= 15 is 0 Å². The number of amides is 1. The number of aliphatic hydroxyl groups excluding tert-OH is 1. The Labute approximate surface area is 208 Å². The first kappa shape index (κ1) is 26.3. The Morgan fingerprint density at radius 3 is 2.34 bits per heavy atom. The first-order valence-corrected chi connectivity index (χ1v) is 12.6. The molecule has 1 N–H and O–H groups in total. The number of ketones is 1. The lowest BCUT2D eigenvalue weighted by molar-refractivity contribution is -0.139. The highest BCUT2D eigenvalue weighted by Gasteiger charge is 2.45. The number of carbonyl (C=O) groups excluding carboxylic acids is 2. The van der Waals surface area contributed by atoms with Gasteiger partial charge < -0.3 is 19.5 Å². The second-order valence-corrected chi connectivity index (χ2v) is 9.26. The van der Waals surface area contributed by atoms with Gasteiger partial charge in [0.05, 0.1) is 24.3 Å². The largest absolute Gasteiger partial charge is 0.507 e. The van der Waals surface area contributed by atoms with E-state index in [1.54, 1.807) is 23.1 Å². The molecule has 0 bridgehead atoms. The summed E-state index contributed by atoms with van der Waals surface area (Å²) in [6.45, 7) is 11.0. The number of likely N-dealkylation sites (tertiary alicyclic amines) is 1. The highest BCUT2D eigenvalue weighted by Crippen LogP contribution is 2.40. The molecule has 3 rings (SSSR count). The van der Waals surface area contributed by atoms with E-state index in [-0.39, 0.29) is 17.4 Å². The predicted molar refractivity (Wildman–Crippen MR) is 138 cm³/mol. The van der Waals surface area contributed by atoms with Gasteiger partial charge in [-0.1, -0.05) is 38.8 Å². The van der Waals surface area contributed by atoms with E-state index < -0.39 is 17.7 Å². The van der Waals surface area contributed by atoms with Gasteiger partial charge in [0.25, 0.3) is 11.7 Å². The number of carbonyl (C=O) groups is 2. The molecule has 0 radical (unpaired) electrons. The average Bonchev–Trinajstić information content (AvgIpc) is 3.08. The highest BCUT2D eigenvalue weighted by molar-refractivity contribution is 6.46. The topological polar surface area (TPSA) is 76.1 Å². The van der Waals surface area contributed by atoms with Crippen molar-refractivity contribution in [3.8, 4) is 11.5 Å². The lowest BCUT2D eigenvalue weighted by Gasteiger charge is -2.25. The second kappa shape index (κ2) is 11.9. The van der Waals surface area contributed by atoms with Gasteiger partial charge in [-0.05, 0) is 75.1 Å². The first-order chi connectivity index (χ1) is 16.8. The number of hydrogen-bond acceptors (Lipinski definition) is 5. The van der Waals surface area contributed by atoms with Crippen molar-refractivity contribution in [2.45, 2.75) is 72.4 Å². The van der Waals surface area contributed by atoms with Crippen LogP contribution >= 0.6 is 0 Å². The fourth-order valence-corrected chi connectivity index (χ4v) is 4.32. The monoisotopic (exact) mass is 479 g/mol. The number of benzene rings is 2. The van der Waals surface area contributed by atoms with Gasteiger partial charge in [0.1, 0.15) is 17.3 Å². The van der Waals surface area contributed by atoms with Crippen LogP contribution in [0.15, 0.2) is 48.0 Å². The summed E-state index contributed by atoms with van der Waals surface area (Å²) in [5, 5.41) is 11.3. The van der Waals surface area contributed by atoms with E-state index in [0.29, 0.717) is 24.5 Å². The van der Waals surface area contributed by atoms with Crippen LogP contribution in [-0.4, -0.2) is 41.0 Å². The zero-order valence-corrected chi connectivity index (χ0v) is 21.5. The normalized spacial score (nSPS) is 17.3. The van der Waals surface area contributed by atoms with Crippen molar-refractivity contribution >= 4 is 17.4 Å². The summed E-state index contributed by atoms with van der Waals surface area (Å²) in [5.74, 6) is 0.0509. The lowest BCUT2D eigenvalue weighted by atomic mass is 9.94. The molecule has 1 amide bonds. The minimum Gasteiger partial charge on any atom is -0.507 e. The van der Waals surface area contributed by atoms with Gasteiger partial charge in [0.15, 0.2) is 0 Å². The molecule has 1 saturated heterocycles. The van der Waals surface area contributed by atoms with Crippen molar-refractivity contribution in [3.63, 3.8) is 0 Å². The predicted octanol–water partition coefficient (Wildman–Crippen LogP) is 6.18. The molecule has 6 nitrogen and oxygen atoms in total. The van der Waals surface area contributed by atoms with Crippen LogP contribution in [0.5, 0.6) is 11.5 Å². The van der Waals surface area contributed by atoms with Crippen molar-refractivity contribution in [2.75, 3.05) is 13.2 Å². The van der Waals surface area contributed by atoms with Crippen LogP contribution in [0.4, 0.5) is 0 Å². The minimum absolute atomic E-state index is 0.0352. The van der Waals surface area contributed by atoms with Gasteiger partial charge in [-0.25, -0.2) is 0 Å². The molecule has 2 aromatic rings. The van der Waals surface area contributed by atoms with Gasteiger partial charge >= 0.3 is 0 Å². The van der Waals surface area contributed by atoms with Crippen molar-refractivity contribution in [1.29, 1.82) is 0 Å². The fraction of sp³-hybridized carbons (Fsp3) is 0.448. The molecule has 1 heterocycles. The Bertz CT molecular complexity index is 1070. The summed E-state index contributed by atoms with van der Waals surface area (Å²) in [4.78, 5) is 27.9. The minimum atomic E-state index is -0.657.